The van der Waals surface area contributed by atoms with Crippen molar-refractivity contribution in [3.8, 4) is 0 Å². The third-order valence-electron chi connectivity index (χ3n) is 2.98. The van der Waals surface area contributed by atoms with Crippen LogP contribution in [0.4, 0.5) is 4.39 Å². The number of carbonyl (C=O) groups is 1. The normalized spacial score (nSPS) is 15.7. The summed E-state index contributed by atoms with van der Waals surface area (Å²) in [7, 11) is 0. The first-order valence-electron chi connectivity index (χ1n) is 5.05. The number of ketones is 1. The number of carbonyl (C=O) groups excluding carboxylic acids is 1. The fourth-order valence-corrected chi connectivity index (χ4v) is 2.26. The number of H-pyrrole nitrogens is 1. The molecule has 0 amide bonds. The van der Waals surface area contributed by atoms with Gasteiger partial charge in [-0.2, -0.15) is 0 Å². The summed E-state index contributed by atoms with van der Waals surface area (Å²) in [4.78, 5) is 14.5. The van der Waals surface area contributed by atoms with Gasteiger partial charge in [0, 0.05) is 29.4 Å². The number of aromatic nitrogens is 1. The first kappa shape index (κ1) is 8.65. The number of rotatable bonds is 0. The Hall–Kier alpha value is -1.64. The second kappa shape index (κ2) is 2.92. The highest BCUT2D eigenvalue weighted by atomic mass is 19.1. The van der Waals surface area contributed by atoms with Crippen LogP contribution in [0.25, 0.3) is 10.9 Å². The number of hydrogen-bond donors (Lipinski definition) is 1. The van der Waals surface area contributed by atoms with E-state index in [1.807, 2.05) is 0 Å². The van der Waals surface area contributed by atoms with Crippen molar-refractivity contribution in [2.45, 2.75) is 19.3 Å². The highest BCUT2D eigenvalue weighted by Crippen LogP contribution is 2.28. The van der Waals surface area contributed by atoms with Crippen LogP contribution < -0.4 is 0 Å². The molecule has 0 saturated carbocycles. The molecule has 76 valence electrons. The zero-order chi connectivity index (χ0) is 10.4. The van der Waals surface area contributed by atoms with Crippen LogP contribution >= 0.6 is 0 Å². The van der Waals surface area contributed by atoms with Gasteiger partial charge in [0.2, 0.25) is 0 Å². The maximum atomic E-state index is 13.1. The van der Waals surface area contributed by atoms with Gasteiger partial charge in [0.1, 0.15) is 11.6 Å². The van der Waals surface area contributed by atoms with E-state index in [0.29, 0.717) is 12.8 Å². The van der Waals surface area contributed by atoms with Gasteiger partial charge in [0.15, 0.2) is 0 Å². The highest BCUT2D eigenvalue weighted by molar-refractivity contribution is 5.91. The summed E-state index contributed by atoms with van der Waals surface area (Å²) >= 11 is 0. The van der Waals surface area contributed by atoms with Crippen LogP contribution in [0, 0.1) is 5.82 Å². The monoisotopic (exact) mass is 203 g/mol. The molecule has 1 aliphatic carbocycles. The third-order valence-corrected chi connectivity index (χ3v) is 2.98. The van der Waals surface area contributed by atoms with E-state index in [1.165, 1.54) is 6.07 Å². The molecule has 0 bridgehead atoms. The largest absolute Gasteiger partial charge is 0.358 e. The van der Waals surface area contributed by atoms with E-state index in [0.717, 1.165) is 28.6 Å². The van der Waals surface area contributed by atoms with Gasteiger partial charge in [0.05, 0.1) is 0 Å². The number of benzene rings is 1. The summed E-state index contributed by atoms with van der Waals surface area (Å²) in [6.45, 7) is 0. The number of hydrogen-bond acceptors (Lipinski definition) is 1. The molecular formula is C12H10FNO. The number of nitrogens with one attached hydrogen (secondary N) is 1. The van der Waals surface area contributed by atoms with Gasteiger partial charge in [0.25, 0.3) is 0 Å². The zero-order valence-corrected chi connectivity index (χ0v) is 8.14. The molecule has 1 aromatic heterocycles. The molecule has 0 aliphatic heterocycles. The van der Waals surface area contributed by atoms with Crippen molar-refractivity contribution in [1.29, 1.82) is 0 Å². The Kier molecular flexibility index (Phi) is 1.69. The molecule has 1 heterocycles. The average Bonchev–Trinajstić information content (AvgIpc) is 2.54. The van der Waals surface area contributed by atoms with Crippen LogP contribution in [-0.2, 0) is 17.6 Å². The van der Waals surface area contributed by atoms with Crippen LogP contribution in [-0.4, -0.2) is 10.8 Å². The number of aromatic amines is 1. The molecule has 0 atom stereocenters. The van der Waals surface area contributed by atoms with Crippen molar-refractivity contribution in [1.82, 2.24) is 4.98 Å². The summed E-state index contributed by atoms with van der Waals surface area (Å²) in [5.41, 5.74) is 3.01. The first-order valence-corrected chi connectivity index (χ1v) is 5.05. The van der Waals surface area contributed by atoms with Crippen molar-refractivity contribution < 1.29 is 9.18 Å². The fraction of sp³-hybridized carbons (Fsp3) is 0.250. The minimum Gasteiger partial charge on any atom is -0.358 e. The molecule has 15 heavy (non-hydrogen) atoms. The predicted octanol–water partition coefficient (Wildman–Crippen LogP) is 2.36. The van der Waals surface area contributed by atoms with Gasteiger partial charge in [-0.05, 0) is 30.2 Å². The van der Waals surface area contributed by atoms with Crippen molar-refractivity contribution in [3.63, 3.8) is 0 Å². The molecule has 0 radical (unpaired) electrons. The second-order valence-corrected chi connectivity index (χ2v) is 3.99. The van der Waals surface area contributed by atoms with Crippen LogP contribution in [0.5, 0.6) is 0 Å². The molecule has 2 nitrogen and oxygen atoms in total. The van der Waals surface area contributed by atoms with Crippen LogP contribution in [0.3, 0.4) is 0 Å². The minimum absolute atomic E-state index is 0.221. The zero-order valence-electron chi connectivity index (χ0n) is 8.14. The van der Waals surface area contributed by atoms with Gasteiger partial charge in [-0.15, -0.1) is 0 Å². The summed E-state index contributed by atoms with van der Waals surface area (Å²) in [5, 5.41) is 0.928. The summed E-state index contributed by atoms with van der Waals surface area (Å²) in [5.74, 6) is 0.0377. The maximum Gasteiger partial charge on any atom is 0.139 e. The van der Waals surface area contributed by atoms with E-state index in [1.54, 1.807) is 12.1 Å². The molecule has 0 saturated heterocycles. The van der Waals surface area contributed by atoms with Gasteiger partial charge in [-0.25, -0.2) is 4.39 Å². The van der Waals surface area contributed by atoms with Crippen molar-refractivity contribution in [3.05, 3.63) is 35.3 Å². The minimum atomic E-state index is -0.221. The lowest BCUT2D eigenvalue weighted by molar-refractivity contribution is -0.118. The third kappa shape index (κ3) is 1.27. The Morgan fingerprint density at radius 3 is 3.00 bits per heavy atom. The number of aryl methyl sites for hydroxylation is 1. The van der Waals surface area contributed by atoms with E-state index in [-0.39, 0.29) is 11.6 Å². The topological polar surface area (TPSA) is 32.9 Å². The lowest BCUT2D eigenvalue weighted by atomic mass is 9.95. The van der Waals surface area contributed by atoms with Gasteiger partial charge < -0.3 is 4.98 Å². The van der Waals surface area contributed by atoms with Crippen molar-refractivity contribution in [2.75, 3.05) is 0 Å². The van der Waals surface area contributed by atoms with E-state index < -0.39 is 0 Å². The molecule has 1 N–H and O–H groups in total. The van der Waals surface area contributed by atoms with Crippen LogP contribution in [0.1, 0.15) is 17.7 Å². The first-order chi connectivity index (χ1) is 7.24. The van der Waals surface area contributed by atoms with Gasteiger partial charge in [-0.3, -0.25) is 4.79 Å². The number of fused-ring (bicyclic) bond motifs is 3. The molecular weight excluding hydrogens is 193 g/mol. The smallest absolute Gasteiger partial charge is 0.139 e. The lowest BCUT2D eigenvalue weighted by Crippen LogP contribution is -2.12. The van der Waals surface area contributed by atoms with Gasteiger partial charge in [-0.1, -0.05) is 0 Å². The van der Waals surface area contributed by atoms with E-state index in [2.05, 4.69) is 4.98 Å². The van der Waals surface area contributed by atoms with E-state index in [9.17, 15) is 9.18 Å². The molecule has 0 fully saturated rings. The van der Waals surface area contributed by atoms with Gasteiger partial charge >= 0.3 is 0 Å². The van der Waals surface area contributed by atoms with E-state index >= 15 is 0 Å². The Labute approximate surface area is 86.1 Å². The Balaban J connectivity index is 2.28. The molecule has 1 aromatic carbocycles. The number of Topliss-reactive ketones (excluding diaryl/α,β-unsaturated/α-hetero) is 1. The quantitative estimate of drug-likeness (QED) is 0.700. The Morgan fingerprint density at radius 1 is 1.27 bits per heavy atom. The molecule has 2 aromatic rings. The molecule has 3 rings (SSSR count). The lowest BCUT2D eigenvalue weighted by Gasteiger charge is -2.09. The molecule has 3 heteroatoms. The predicted molar refractivity (Wildman–Crippen MR) is 55.3 cm³/mol. The number of halogens is 1. The second-order valence-electron chi connectivity index (χ2n) is 3.99. The molecule has 0 spiro atoms. The average molecular weight is 203 g/mol. The summed E-state index contributed by atoms with van der Waals surface area (Å²) in [6.07, 6.45) is 1.78. The molecule has 0 unspecified atom stereocenters. The van der Waals surface area contributed by atoms with Crippen LogP contribution in [0.15, 0.2) is 18.2 Å². The Morgan fingerprint density at radius 2 is 2.13 bits per heavy atom. The maximum absolute atomic E-state index is 13.1. The molecule has 1 aliphatic rings. The van der Waals surface area contributed by atoms with Crippen LogP contribution in [0.2, 0.25) is 0 Å². The van der Waals surface area contributed by atoms with Crippen molar-refractivity contribution in [2.24, 2.45) is 0 Å². The summed E-state index contributed by atoms with van der Waals surface area (Å²) < 4.78 is 13.1. The standard InChI is InChI=1S/C12H10FNO/c13-7-1-4-11-10(5-7)9-3-2-8(15)6-12(9)14-11/h1,4-5,14H,2-3,6H2. The SMILES string of the molecule is O=C1CCc2c([nH]c3ccc(F)cc23)C1. The highest BCUT2D eigenvalue weighted by Gasteiger charge is 2.19. The summed E-state index contributed by atoms with van der Waals surface area (Å²) in [6, 6.07) is 4.71. The fourth-order valence-electron chi connectivity index (χ4n) is 2.26. The van der Waals surface area contributed by atoms with Crippen molar-refractivity contribution >= 4 is 16.7 Å². The Bertz CT molecular complexity index is 556. The van der Waals surface area contributed by atoms with E-state index in [4.69, 9.17) is 0 Å².